The minimum Gasteiger partial charge on any atom is -0.494 e. The van der Waals surface area contributed by atoms with Crippen LogP contribution in [0.15, 0.2) is 28.7 Å². The van der Waals surface area contributed by atoms with Gasteiger partial charge in [0.25, 0.3) is 0 Å². The predicted octanol–water partition coefficient (Wildman–Crippen LogP) is 5.27. The fraction of sp³-hybridized carbons (Fsp3) is 0.667. The second-order valence-electron chi connectivity index (χ2n) is 7.78. The molecule has 1 N–H and O–H groups in total. The van der Waals surface area contributed by atoms with Crippen LogP contribution < -0.4 is 10.1 Å². The van der Waals surface area contributed by atoms with Crippen molar-refractivity contribution in [1.29, 1.82) is 0 Å². The lowest BCUT2D eigenvalue weighted by Crippen LogP contribution is -2.42. The summed E-state index contributed by atoms with van der Waals surface area (Å²) in [6.45, 7) is 15.3. The molecule has 2 nitrogen and oxygen atoms in total. The van der Waals surface area contributed by atoms with E-state index >= 15 is 0 Å². The van der Waals surface area contributed by atoms with E-state index in [0.717, 1.165) is 29.8 Å². The van der Waals surface area contributed by atoms with E-state index in [1.54, 1.807) is 0 Å². The van der Waals surface area contributed by atoms with Crippen molar-refractivity contribution < 1.29 is 4.74 Å². The van der Waals surface area contributed by atoms with E-state index < -0.39 is 0 Å². The maximum absolute atomic E-state index is 5.87. The minimum absolute atomic E-state index is 0.163. The highest BCUT2D eigenvalue weighted by atomic mass is 79.9. The molecular formula is C18H30BrNO. The third-order valence-electron chi connectivity index (χ3n) is 3.65. The van der Waals surface area contributed by atoms with Gasteiger partial charge in [0.1, 0.15) is 5.75 Å². The number of nitrogens with one attached hydrogen (secondary N) is 1. The number of rotatable bonds is 6. The first kappa shape index (κ1) is 18.5. The van der Waals surface area contributed by atoms with E-state index in [2.05, 4.69) is 62.8 Å². The topological polar surface area (TPSA) is 21.3 Å². The van der Waals surface area contributed by atoms with Gasteiger partial charge in [0.2, 0.25) is 0 Å². The Bertz CT molecular complexity index is 414. The third kappa shape index (κ3) is 7.87. The van der Waals surface area contributed by atoms with Crippen molar-refractivity contribution >= 4 is 15.9 Å². The van der Waals surface area contributed by atoms with Crippen LogP contribution >= 0.6 is 15.9 Å². The standard InChI is InChI=1S/C18H30BrNO/c1-17(2,3)14(13-20-18(4,5)6)11-12-21-16-9-7-15(19)8-10-16/h7-10,14,20H,11-13H2,1-6H3. The van der Waals surface area contributed by atoms with Crippen LogP contribution in [0.5, 0.6) is 5.75 Å². The smallest absolute Gasteiger partial charge is 0.119 e. The quantitative estimate of drug-likeness (QED) is 0.750. The maximum Gasteiger partial charge on any atom is 0.119 e. The molecule has 0 amide bonds. The minimum atomic E-state index is 0.163. The highest BCUT2D eigenvalue weighted by Crippen LogP contribution is 2.29. The fourth-order valence-electron chi connectivity index (χ4n) is 2.12. The van der Waals surface area contributed by atoms with E-state index in [9.17, 15) is 0 Å². The summed E-state index contributed by atoms with van der Waals surface area (Å²) in [7, 11) is 0. The van der Waals surface area contributed by atoms with Gasteiger partial charge in [-0.05, 0) is 69.3 Å². The number of ether oxygens (including phenoxy) is 1. The predicted molar refractivity (Wildman–Crippen MR) is 95.0 cm³/mol. The molecule has 1 unspecified atom stereocenters. The van der Waals surface area contributed by atoms with Gasteiger partial charge in [0.05, 0.1) is 6.61 Å². The van der Waals surface area contributed by atoms with Gasteiger partial charge in [-0.1, -0.05) is 36.7 Å². The van der Waals surface area contributed by atoms with E-state index in [1.165, 1.54) is 0 Å². The zero-order valence-corrected chi connectivity index (χ0v) is 15.9. The lowest BCUT2D eigenvalue weighted by molar-refractivity contribution is 0.170. The molecule has 21 heavy (non-hydrogen) atoms. The zero-order chi connectivity index (χ0) is 16.1. The summed E-state index contributed by atoms with van der Waals surface area (Å²) >= 11 is 3.44. The largest absolute Gasteiger partial charge is 0.494 e. The van der Waals surface area contributed by atoms with Gasteiger partial charge in [-0.3, -0.25) is 0 Å². The first-order valence-electron chi connectivity index (χ1n) is 7.71. The van der Waals surface area contributed by atoms with Crippen LogP contribution in [0.4, 0.5) is 0 Å². The molecule has 1 aromatic rings. The Morgan fingerprint density at radius 2 is 1.62 bits per heavy atom. The molecule has 0 aromatic heterocycles. The van der Waals surface area contributed by atoms with E-state index in [1.807, 2.05) is 24.3 Å². The van der Waals surface area contributed by atoms with E-state index in [0.29, 0.717) is 5.92 Å². The summed E-state index contributed by atoms with van der Waals surface area (Å²) < 4.78 is 6.95. The second kappa shape index (κ2) is 7.64. The van der Waals surface area contributed by atoms with Crippen LogP contribution in [0.25, 0.3) is 0 Å². The molecule has 1 aromatic carbocycles. The van der Waals surface area contributed by atoms with Crippen molar-refractivity contribution in [1.82, 2.24) is 5.32 Å². The Labute approximate surface area is 138 Å². The molecule has 0 aliphatic heterocycles. The Kier molecular flexibility index (Phi) is 6.73. The first-order valence-corrected chi connectivity index (χ1v) is 8.50. The van der Waals surface area contributed by atoms with Crippen LogP contribution in [-0.4, -0.2) is 18.7 Å². The zero-order valence-electron chi connectivity index (χ0n) is 14.3. The van der Waals surface area contributed by atoms with Crippen LogP contribution in [-0.2, 0) is 0 Å². The monoisotopic (exact) mass is 355 g/mol. The van der Waals surface area contributed by atoms with Crippen LogP contribution in [0, 0.1) is 11.3 Å². The molecule has 0 saturated heterocycles. The van der Waals surface area contributed by atoms with Gasteiger partial charge in [0.15, 0.2) is 0 Å². The molecule has 0 saturated carbocycles. The van der Waals surface area contributed by atoms with Gasteiger partial charge in [-0.15, -0.1) is 0 Å². The van der Waals surface area contributed by atoms with Crippen molar-refractivity contribution in [2.75, 3.05) is 13.2 Å². The Balaban J connectivity index is 2.48. The Morgan fingerprint density at radius 1 is 1.05 bits per heavy atom. The van der Waals surface area contributed by atoms with Gasteiger partial charge in [-0.2, -0.15) is 0 Å². The summed E-state index contributed by atoms with van der Waals surface area (Å²) in [6, 6.07) is 8.03. The van der Waals surface area contributed by atoms with Crippen molar-refractivity contribution in [2.24, 2.45) is 11.3 Å². The van der Waals surface area contributed by atoms with Crippen molar-refractivity contribution in [2.45, 2.75) is 53.5 Å². The molecule has 0 heterocycles. The Morgan fingerprint density at radius 3 is 2.10 bits per heavy atom. The third-order valence-corrected chi connectivity index (χ3v) is 4.18. The average molecular weight is 356 g/mol. The van der Waals surface area contributed by atoms with Gasteiger partial charge < -0.3 is 10.1 Å². The van der Waals surface area contributed by atoms with Crippen LogP contribution in [0.2, 0.25) is 0 Å². The van der Waals surface area contributed by atoms with Crippen LogP contribution in [0.3, 0.4) is 0 Å². The normalized spacial score (nSPS) is 14.0. The molecule has 3 heteroatoms. The van der Waals surface area contributed by atoms with Gasteiger partial charge >= 0.3 is 0 Å². The molecule has 0 bridgehead atoms. The Hall–Kier alpha value is -0.540. The SMILES string of the molecule is CC(C)(C)NCC(CCOc1ccc(Br)cc1)C(C)(C)C. The number of hydrogen-bond donors (Lipinski definition) is 1. The molecule has 0 spiro atoms. The number of benzene rings is 1. The lowest BCUT2D eigenvalue weighted by atomic mass is 9.78. The summed E-state index contributed by atoms with van der Waals surface area (Å²) in [5.41, 5.74) is 0.442. The van der Waals surface area contributed by atoms with E-state index in [4.69, 9.17) is 4.74 Å². The highest BCUT2D eigenvalue weighted by molar-refractivity contribution is 9.10. The fourth-order valence-corrected chi connectivity index (χ4v) is 2.38. The molecule has 1 atom stereocenters. The molecular weight excluding hydrogens is 326 g/mol. The summed E-state index contributed by atoms with van der Waals surface area (Å²) in [4.78, 5) is 0. The second-order valence-corrected chi connectivity index (χ2v) is 8.70. The molecule has 1 rings (SSSR count). The van der Waals surface area contributed by atoms with Crippen LogP contribution in [0.1, 0.15) is 48.0 Å². The molecule has 120 valence electrons. The number of hydrogen-bond acceptors (Lipinski definition) is 2. The number of halogens is 1. The van der Waals surface area contributed by atoms with Gasteiger partial charge in [0, 0.05) is 10.0 Å². The molecule has 0 fully saturated rings. The lowest BCUT2D eigenvalue weighted by Gasteiger charge is -2.34. The molecule has 0 aliphatic rings. The van der Waals surface area contributed by atoms with Gasteiger partial charge in [-0.25, -0.2) is 0 Å². The molecule has 0 radical (unpaired) electrons. The van der Waals surface area contributed by atoms with Crippen molar-refractivity contribution in [3.8, 4) is 5.75 Å². The summed E-state index contributed by atoms with van der Waals surface area (Å²) in [5, 5.41) is 3.62. The highest BCUT2D eigenvalue weighted by Gasteiger charge is 2.25. The first-order chi connectivity index (χ1) is 9.58. The van der Waals surface area contributed by atoms with Crippen molar-refractivity contribution in [3.63, 3.8) is 0 Å². The van der Waals surface area contributed by atoms with Crippen molar-refractivity contribution in [3.05, 3.63) is 28.7 Å². The maximum atomic E-state index is 5.87. The summed E-state index contributed by atoms with van der Waals surface area (Å²) in [5.74, 6) is 1.53. The van der Waals surface area contributed by atoms with E-state index in [-0.39, 0.29) is 11.0 Å². The average Bonchev–Trinajstić information content (AvgIpc) is 2.33. The summed E-state index contributed by atoms with van der Waals surface area (Å²) in [6.07, 6.45) is 1.06. The molecule has 0 aliphatic carbocycles.